The minimum absolute atomic E-state index is 0.0540. The highest BCUT2D eigenvalue weighted by atomic mass is 32.2. The number of benzene rings is 2. The molecule has 164 valence electrons. The van der Waals surface area contributed by atoms with E-state index in [0.717, 1.165) is 16.7 Å². The van der Waals surface area contributed by atoms with Crippen LogP contribution in [-0.2, 0) is 14.6 Å². The fraction of sp³-hybridized carbons (Fsp3) is 0.318. The number of rotatable bonds is 7. The van der Waals surface area contributed by atoms with Crippen LogP contribution in [0.15, 0.2) is 36.4 Å². The van der Waals surface area contributed by atoms with E-state index in [4.69, 9.17) is 4.74 Å². The van der Waals surface area contributed by atoms with Crippen molar-refractivity contribution in [1.29, 1.82) is 0 Å². The fourth-order valence-electron chi connectivity index (χ4n) is 3.62. The molecule has 0 fully saturated rings. The maximum Gasteiger partial charge on any atom is 0.264 e. The first-order chi connectivity index (χ1) is 14.5. The molecule has 9 heteroatoms. The molecule has 0 spiro atoms. The van der Waals surface area contributed by atoms with Crippen LogP contribution in [0.3, 0.4) is 0 Å². The lowest BCUT2D eigenvalue weighted by Crippen LogP contribution is -2.37. The first-order valence-corrected chi connectivity index (χ1v) is 11.8. The summed E-state index contributed by atoms with van der Waals surface area (Å²) in [6.45, 7) is 5.39. The second-order valence-electron chi connectivity index (χ2n) is 7.46. The number of fused-ring (bicyclic) bond motifs is 1. The van der Waals surface area contributed by atoms with Crippen molar-refractivity contribution < 1.29 is 27.5 Å². The van der Waals surface area contributed by atoms with Gasteiger partial charge in [-0.2, -0.15) is 0 Å². The molecule has 1 aliphatic rings. The number of imide groups is 1. The third-order valence-electron chi connectivity index (χ3n) is 4.93. The van der Waals surface area contributed by atoms with Crippen molar-refractivity contribution in [3.8, 4) is 5.75 Å². The van der Waals surface area contributed by atoms with Crippen molar-refractivity contribution in [1.82, 2.24) is 4.90 Å². The highest BCUT2D eigenvalue weighted by Gasteiger charge is 2.43. The quantitative estimate of drug-likeness (QED) is 0.658. The number of amides is 3. The van der Waals surface area contributed by atoms with Gasteiger partial charge < -0.3 is 10.1 Å². The standard InChI is InChI=1S/C22H24N2O6S/c1-5-30-19-11-15(10-9-13(19)2)18(12-31(4,28)29)24-21(26)16-7-6-8-17(23-14(3)25)20(16)22(24)27/h6-11,18H,5,12H2,1-4H3,(H,23,25). The van der Waals surface area contributed by atoms with Crippen molar-refractivity contribution in [2.45, 2.75) is 26.8 Å². The van der Waals surface area contributed by atoms with Crippen LogP contribution in [0.5, 0.6) is 5.75 Å². The van der Waals surface area contributed by atoms with Gasteiger partial charge in [0.25, 0.3) is 11.8 Å². The summed E-state index contributed by atoms with van der Waals surface area (Å²) < 4.78 is 30.0. The predicted octanol–water partition coefficient (Wildman–Crippen LogP) is 2.73. The SMILES string of the molecule is CCOc1cc(C(CS(C)(=O)=O)N2C(=O)c3cccc(NC(C)=O)c3C2=O)ccc1C. The van der Waals surface area contributed by atoms with Gasteiger partial charge in [-0.3, -0.25) is 19.3 Å². The van der Waals surface area contributed by atoms with Gasteiger partial charge in [-0.15, -0.1) is 0 Å². The summed E-state index contributed by atoms with van der Waals surface area (Å²) in [6.07, 6.45) is 1.05. The number of ether oxygens (including phenoxy) is 1. The lowest BCUT2D eigenvalue weighted by Gasteiger charge is -2.27. The molecule has 0 aliphatic carbocycles. The minimum Gasteiger partial charge on any atom is -0.494 e. The van der Waals surface area contributed by atoms with Crippen LogP contribution in [0.1, 0.15) is 51.7 Å². The summed E-state index contributed by atoms with van der Waals surface area (Å²) in [5.74, 6) is -1.55. The van der Waals surface area contributed by atoms with Crippen LogP contribution in [0.2, 0.25) is 0 Å². The van der Waals surface area contributed by atoms with Crippen LogP contribution in [0, 0.1) is 6.92 Å². The van der Waals surface area contributed by atoms with Gasteiger partial charge in [0.05, 0.1) is 35.2 Å². The maximum atomic E-state index is 13.3. The Morgan fingerprint density at radius 2 is 1.87 bits per heavy atom. The van der Waals surface area contributed by atoms with Gasteiger partial charge in [0, 0.05) is 13.2 Å². The number of hydrogen-bond acceptors (Lipinski definition) is 6. The number of sulfone groups is 1. The predicted molar refractivity (Wildman–Crippen MR) is 116 cm³/mol. The average Bonchev–Trinajstić information content (AvgIpc) is 2.92. The van der Waals surface area contributed by atoms with Gasteiger partial charge in [-0.1, -0.05) is 18.2 Å². The van der Waals surface area contributed by atoms with Crippen molar-refractivity contribution in [2.24, 2.45) is 0 Å². The average molecular weight is 445 g/mol. The van der Waals surface area contributed by atoms with E-state index in [9.17, 15) is 22.8 Å². The summed E-state index contributed by atoms with van der Waals surface area (Å²) in [5.41, 5.74) is 1.70. The molecular weight excluding hydrogens is 420 g/mol. The molecule has 0 bridgehead atoms. The smallest absolute Gasteiger partial charge is 0.264 e. The van der Waals surface area contributed by atoms with E-state index in [2.05, 4.69) is 5.32 Å². The molecule has 0 radical (unpaired) electrons. The van der Waals surface area contributed by atoms with Gasteiger partial charge in [0.2, 0.25) is 5.91 Å². The molecule has 3 amide bonds. The highest BCUT2D eigenvalue weighted by molar-refractivity contribution is 7.90. The molecule has 1 N–H and O–H groups in total. The summed E-state index contributed by atoms with van der Waals surface area (Å²) in [7, 11) is -3.56. The van der Waals surface area contributed by atoms with Crippen LogP contribution in [0.25, 0.3) is 0 Å². The van der Waals surface area contributed by atoms with E-state index < -0.39 is 33.4 Å². The second kappa shape index (κ2) is 8.50. The van der Waals surface area contributed by atoms with Gasteiger partial charge in [-0.05, 0) is 43.2 Å². The zero-order valence-corrected chi connectivity index (χ0v) is 18.6. The first-order valence-electron chi connectivity index (χ1n) is 9.73. The Morgan fingerprint density at radius 1 is 1.16 bits per heavy atom. The first kappa shape index (κ1) is 22.5. The van der Waals surface area contributed by atoms with E-state index >= 15 is 0 Å². The molecule has 0 saturated heterocycles. The van der Waals surface area contributed by atoms with Crippen LogP contribution >= 0.6 is 0 Å². The van der Waals surface area contributed by atoms with E-state index in [1.807, 2.05) is 13.8 Å². The van der Waals surface area contributed by atoms with Crippen molar-refractivity contribution >= 4 is 33.2 Å². The topological polar surface area (TPSA) is 110 Å². The molecular formula is C22H24N2O6S. The van der Waals surface area contributed by atoms with Crippen molar-refractivity contribution in [3.05, 3.63) is 58.7 Å². The van der Waals surface area contributed by atoms with E-state index in [-0.39, 0.29) is 22.7 Å². The third kappa shape index (κ3) is 4.61. The Kier molecular flexibility index (Phi) is 6.17. The van der Waals surface area contributed by atoms with E-state index in [1.54, 1.807) is 24.3 Å². The number of carbonyl (C=O) groups excluding carboxylic acids is 3. The lowest BCUT2D eigenvalue weighted by atomic mass is 10.0. The molecule has 0 aromatic heterocycles. The molecule has 3 rings (SSSR count). The second-order valence-corrected chi connectivity index (χ2v) is 9.64. The summed E-state index contributed by atoms with van der Waals surface area (Å²) in [6, 6.07) is 8.63. The van der Waals surface area contributed by atoms with Gasteiger partial charge >= 0.3 is 0 Å². The number of carbonyl (C=O) groups is 3. The Bertz CT molecular complexity index is 1170. The maximum absolute atomic E-state index is 13.3. The molecule has 31 heavy (non-hydrogen) atoms. The number of anilines is 1. The molecule has 2 aromatic rings. The Balaban J connectivity index is 2.13. The zero-order chi connectivity index (χ0) is 22.9. The summed E-state index contributed by atoms with van der Waals surface area (Å²) >= 11 is 0. The summed E-state index contributed by atoms with van der Waals surface area (Å²) in [5, 5.41) is 2.56. The lowest BCUT2D eigenvalue weighted by molar-refractivity contribution is -0.114. The summed E-state index contributed by atoms with van der Waals surface area (Å²) in [4.78, 5) is 39.0. The molecule has 1 aliphatic heterocycles. The van der Waals surface area contributed by atoms with Crippen molar-refractivity contribution in [2.75, 3.05) is 23.9 Å². The largest absolute Gasteiger partial charge is 0.494 e. The van der Waals surface area contributed by atoms with Gasteiger partial charge in [0.15, 0.2) is 0 Å². The highest BCUT2D eigenvalue weighted by Crippen LogP contribution is 2.37. The minimum atomic E-state index is -3.56. The van der Waals surface area contributed by atoms with Gasteiger partial charge in [-0.25, -0.2) is 8.42 Å². The molecule has 2 aromatic carbocycles. The molecule has 1 heterocycles. The normalized spacial score (nSPS) is 14.4. The molecule has 1 atom stereocenters. The van der Waals surface area contributed by atoms with Crippen molar-refractivity contribution in [3.63, 3.8) is 0 Å². The number of nitrogens with zero attached hydrogens (tertiary/aromatic N) is 1. The van der Waals surface area contributed by atoms with E-state index in [0.29, 0.717) is 17.9 Å². The zero-order valence-electron chi connectivity index (χ0n) is 17.8. The Labute approximate surface area is 181 Å². The van der Waals surface area contributed by atoms with Crippen LogP contribution < -0.4 is 10.1 Å². The molecule has 8 nitrogen and oxygen atoms in total. The third-order valence-corrected chi connectivity index (χ3v) is 5.85. The van der Waals surface area contributed by atoms with Gasteiger partial charge in [0.1, 0.15) is 15.6 Å². The fourth-order valence-corrected chi connectivity index (χ4v) is 4.54. The number of hydrogen-bond donors (Lipinski definition) is 1. The Hall–Kier alpha value is -3.20. The molecule has 0 saturated carbocycles. The Morgan fingerprint density at radius 3 is 2.48 bits per heavy atom. The number of nitrogens with one attached hydrogen (secondary N) is 1. The van der Waals surface area contributed by atoms with Crippen LogP contribution in [-0.4, -0.2) is 49.7 Å². The molecule has 1 unspecified atom stereocenters. The van der Waals surface area contributed by atoms with E-state index in [1.165, 1.54) is 19.1 Å². The van der Waals surface area contributed by atoms with Crippen LogP contribution in [0.4, 0.5) is 5.69 Å². The number of aryl methyl sites for hydroxylation is 1. The monoisotopic (exact) mass is 444 g/mol.